The fraction of sp³-hybridized carbons (Fsp3) is 0.714. The van der Waals surface area contributed by atoms with E-state index in [2.05, 4.69) is 34.4 Å². The second-order valence-corrected chi connectivity index (χ2v) is 4.85. The summed E-state index contributed by atoms with van der Waals surface area (Å²) in [6.45, 7) is 6.80. The van der Waals surface area contributed by atoms with Crippen LogP contribution in [0.2, 0.25) is 0 Å². The third-order valence-electron chi connectivity index (χ3n) is 3.14. The van der Waals surface area contributed by atoms with Crippen LogP contribution in [0.25, 0.3) is 0 Å². The molecule has 1 unspecified atom stereocenters. The zero-order valence-corrected chi connectivity index (χ0v) is 11.9. The molecule has 1 atom stereocenters. The lowest BCUT2D eigenvalue weighted by atomic mass is 10.2. The summed E-state index contributed by atoms with van der Waals surface area (Å²) < 4.78 is 5.61. The summed E-state index contributed by atoms with van der Waals surface area (Å²) >= 11 is 0. The number of aryl methyl sites for hydroxylation is 1. The summed E-state index contributed by atoms with van der Waals surface area (Å²) in [5, 5.41) is 6.62. The monoisotopic (exact) mass is 264 g/mol. The molecule has 5 heteroatoms. The molecule has 19 heavy (non-hydrogen) atoms. The molecule has 1 aliphatic rings. The normalized spacial score (nSPS) is 18.5. The summed E-state index contributed by atoms with van der Waals surface area (Å²) in [7, 11) is 0. The molecule has 0 bridgehead atoms. The Morgan fingerprint density at radius 2 is 2.05 bits per heavy atom. The Balaban J connectivity index is 1.99. The Morgan fingerprint density at radius 3 is 2.68 bits per heavy atom. The lowest BCUT2D eigenvalue weighted by Gasteiger charge is -2.13. The van der Waals surface area contributed by atoms with Gasteiger partial charge in [-0.15, -0.1) is 0 Å². The number of anilines is 2. The van der Waals surface area contributed by atoms with Gasteiger partial charge in [-0.1, -0.05) is 6.92 Å². The van der Waals surface area contributed by atoms with Crippen LogP contribution >= 0.6 is 0 Å². The Bertz CT molecular complexity index is 367. The number of nitrogens with one attached hydrogen (secondary N) is 2. The molecule has 0 amide bonds. The highest BCUT2D eigenvalue weighted by molar-refractivity contribution is 5.47. The van der Waals surface area contributed by atoms with E-state index in [0.717, 1.165) is 56.4 Å². The highest BCUT2D eigenvalue weighted by Crippen LogP contribution is 2.15. The van der Waals surface area contributed by atoms with Gasteiger partial charge in [0.15, 0.2) is 0 Å². The van der Waals surface area contributed by atoms with Gasteiger partial charge in [-0.3, -0.25) is 0 Å². The van der Waals surface area contributed by atoms with Crippen LogP contribution in [-0.4, -0.2) is 35.8 Å². The number of rotatable bonds is 7. The van der Waals surface area contributed by atoms with Crippen LogP contribution < -0.4 is 10.6 Å². The Kier molecular flexibility index (Phi) is 5.39. The number of hydrogen-bond donors (Lipinski definition) is 2. The molecule has 2 heterocycles. The molecule has 1 saturated heterocycles. The van der Waals surface area contributed by atoms with Crippen molar-refractivity contribution in [1.82, 2.24) is 9.97 Å². The van der Waals surface area contributed by atoms with Crippen molar-refractivity contribution < 1.29 is 4.74 Å². The summed E-state index contributed by atoms with van der Waals surface area (Å²) in [5.41, 5.74) is 0. The second kappa shape index (κ2) is 7.28. The predicted molar refractivity (Wildman–Crippen MR) is 77.7 cm³/mol. The fourth-order valence-electron chi connectivity index (χ4n) is 2.22. The van der Waals surface area contributed by atoms with Crippen molar-refractivity contribution in [2.45, 2.75) is 45.6 Å². The van der Waals surface area contributed by atoms with Crippen molar-refractivity contribution in [3.63, 3.8) is 0 Å². The molecule has 0 aromatic carbocycles. The van der Waals surface area contributed by atoms with Crippen LogP contribution in [0.4, 0.5) is 11.6 Å². The first kappa shape index (κ1) is 14.1. The van der Waals surface area contributed by atoms with E-state index in [4.69, 9.17) is 4.74 Å². The van der Waals surface area contributed by atoms with Crippen LogP contribution in [0.15, 0.2) is 6.07 Å². The molecule has 2 N–H and O–H groups in total. The van der Waals surface area contributed by atoms with E-state index in [1.54, 1.807) is 0 Å². The number of ether oxygens (including phenoxy) is 1. The molecule has 0 radical (unpaired) electrons. The minimum absolute atomic E-state index is 0.326. The molecule has 1 fully saturated rings. The number of nitrogens with zero attached hydrogens (tertiary/aromatic N) is 2. The average molecular weight is 264 g/mol. The van der Waals surface area contributed by atoms with E-state index in [-0.39, 0.29) is 0 Å². The predicted octanol–water partition coefficient (Wildman–Crippen LogP) is 2.45. The number of hydrogen-bond acceptors (Lipinski definition) is 5. The molecular formula is C14H24N4O. The Morgan fingerprint density at radius 1 is 1.26 bits per heavy atom. The molecule has 0 aliphatic carbocycles. The van der Waals surface area contributed by atoms with Gasteiger partial charge in [0.25, 0.3) is 0 Å². The summed E-state index contributed by atoms with van der Waals surface area (Å²) in [5.74, 6) is 2.69. The highest BCUT2D eigenvalue weighted by atomic mass is 16.5. The standard InChI is InChI=1S/C14H24N4O/c1-3-6-12-17-13(15-4-2)9-14(18-12)16-10-11-7-5-8-19-11/h9,11H,3-8,10H2,1-2H3,(H2,15,16,17,18). The van der Waals surface area contributed by atoms with Gasteiger partial charge in [0, 0.05) is 32.2 Å². The molecule has 0 spiro atoms. The van der Waals surface area contributed by atoms with Gasteiger partial charge in [-0.25, -0.2) is 9.97 Å². The van der Waals surface area contributed by atoms with Crippen LogP contribution in [0.3, 0.4) is 0 Å². The quantitative estimate of drug-likeness (QED) is 0.792. The lowest BCUT2D eigenvalue weighted by molar-refractivity contribution is 0.120. The zero-order chi connectivity index (χ0) is 13.5. The first-order valence-corrected chi connectivity index (χ1v) is 7.29. The van der Waals surface area contributed by atoms with Gasteiger partial charge in [0.1, 0.15) is 17.5 Å². The van der Waals surface area contributed by atoms with Crippen molar-refractivity contribution in [2.75, 3.05) is 30.3 Å². The Hall–Kier alpha value is -1.36. The number of aromatic nitrogens is 2. The van der Waals surface area contributed by atoms with Gasteiger partial charge >= 0.3 is 0 Å². The molecule has 0 saturated carbocycles. The first-order chi connectivity index (χ1) is 9.31. The first-order valence-electron chi connectivity index (χ1n) is 7.29. The van der Waals surface area contributed by atoms with E-state index in [1.165, 1.54) is 6.42 Å². The highest BCUT2D eigenvalue weighted by Gasteiger charge is 2.15. The maximum absolute atomic E-state index is 5.61. The summed E-state index contributed by atoms with van der Waals surface area (Å²) in [6, 6.07) is 1.97. The van der Waals surface area contributed by atoms with Gasteiger partial charge in [0.2, 0.25) is 0 Å². The van der Waals surface area contributed by atoms with Crippen LogP contribution in [0, 0.1) is 0 Å². The van der Waals surface area contributed by atoms with E-state index in [0.29, 0.717) is 6.10 Å². The van der Waals surface area contributed by atoms with Gasteiger partial charge in [0.05, 0.1) is 6.10 Å². The fourth-order valence-corrected chi connectivity index (χ4v) is 2.22. The topological polar surface area (TPSA) is 59.1 Å². The van der Waals surface area contributed by atoms with E-state index in [9.17, 15) is 0 Å². The zero-order valence-electron chi connectivity index (χ0n) is 11.9. The van der Waals surface area contributed by atoms with E-state index >= 15 is 0 Å². The Labute approximate surface area is 115 Å². The van der Waals surface area contributed by atoms with Gasteiger partial charge < -0.3 is 15.4 Å². The smallest absolute Gasteiger partial charge is 0.133 e. The summed E-state index contributed by atoms with van der Waals surface area (Å²) in [6.07, 6.45) is 4.60. The molecule has 2 rings (SSSR count). The molecule has 106 valence electrons. The molecule has 5 nitrogen and oxygen atoms in total. The maximum atomic E-state index is 5.61. The van der Waals surface area contributed by atoms with Crippen LogP contribution in [-0.2, 0) is 11.2 Å². The third kappa shape index (κ3) is 4.35. The average Bonchev–Trinajstić information content (AvgIpc) is 2.90. The van der Waals surface area contributed by atoms with Crippen LogP contribution in [0.5, 0.6) is 0 Å². The lowest BCUT2D eigenvalue weighted by Crippen LogP contribution is -2.19. The largest absolute Gasteiger partial charge is 0.376 e. The van der Waals surface area contributed by atoms with Crippen molar-refractivity contribution in [3.05, 3.63) is 11.9 Å². The van der Waals surface area contributed by atoms with Crippen molar-refractivity contribution >= 4 is 11.6 Å². The minimum Gasteiger partial charge on any atom is -0.376 e. The molecule has 1 aromatic heterocycles. The van der Waals surface area contributed by atoms with Gasteiger partial charge in [-0.05, 0) is 26.2 Å². The SMILES string of the molecule is CCCc1nc(NCC)cc(NCC2CCCO2)n1. The molecule has 1 aliphatic heterocycles. The second-order valence-electron chi connectivity index (χ2n) is 4.85. The molecule has 1 aromatic rings. The van der Waals surface area contributed by atoms with Crippen molar-refractivity contribution in [3.8, 4) is 0 Å². The third-order valence-corrected chi connectivity index (χ3v) is 3.14. The van der Waals surface area contributed by atoms with E-state index in [1.807, 2.05) is 6.07 Å². The summed E-state index contributed by atoms with van der Waals surface area (Å²) in [4.78, 5) is 9.05. The van der Waals surface area contributed by atoms with Crippen LogP contribution in [0.1, 0.15) is 38.9 Å². The minimum atomic E-state index is 0.326. The maximum Gasteiger partial charge on any atom is 0.133 e. The van der Waals surface area contributed by atoms with E-state index < -0.39 is 0 Å². The molecular weight excluding hydrogens is 240 g/mol. The van der Waals surface area contributed by atoms with Crippen molar-refractivity contribution in [2.24, 2.45) is 0 Å². The van der Waals surface area contributed by atoms with Crippen molar-refractivity contribution in [1.29, 1.82) is 0 Å². The van der Waals surface area contributed by atoms with Gasteiger partial charge in [-0.2, -0.15) is 0 Å².